The summed E-state index contributed by atoms with van der Waals surface area (Å²) >= 11 is 7.13. The van der Waals surface area contributed by atoms with Gasteiger partial charge in [-0.05, 0) is 48.1 Å². The van der Waals surface area contributed by atoms with E-state index < -0.39 is 10.0 Å². The van der Waals surface area contributed by atoms with Gasteiger partial charge in [0.1, 0.15) is 4.21 Å². The van der Waals surface area contributed by atoms with Crippen LogP contribution in [0.3, 0.4) is 0 Å². The lowest BCUT2D eigenvalue weighted by Crippen LogP contribution is -2.46. The molecule has 0 atom stereocenters. The minimum Gasteiger partial charge on any atom is -0.339 e. The number of hydrogen-bond donors (Lipinski definition) is 1. The number of sulfonamides is 1. The summed E-state index contributed by atoms with van der Waals surface area (Å²) in [5, 5.41) is 2.36. The van der Waals surface area contributed by atoms with E-state index in [0.29, 0.717) is 35.2 Å². The number of piperidine rings is 1. The second-order valence-electron chi connectivity index (χ2n) is 6.04. The Labute approximate surface area is 162 Å². The van der Waals surface area contributed by atoms with Crippen LogP contribution in [0.5, 0.6) is 0 Å². The summed E-state index contributed by atoms with van der Waals surface area (Å²) in [4.78, 5) is 14.0. The summed E-state index contributed by atoms with van der Waals surface area (Å²) < 4.78 is 27.6. The highest BCUT2D eigenvalue weighted by molar-refractivity contribution is 7.91. The third kappa shape index (κ3) is 4.94. The van der Waals surface area contributed by atoms with Gasteiger partial charge >= 0.3 is 0 Å². The van der Waals surface area contributed by atoms with Gasteiger partial charge in [-0.1, -0.05) is 29.8 Å². The maximum Gasteiger partial charge on any atom is 0.250 e. The molecule has 2 aromatic rings. The molecule has 1 fully saturated rings. The van der Waals surface area contributed by atoms with Crippen LogP contribution in [0.15, 0.2) is 52.1 Å². The highest BCUT2D eigenvalue weighted by Crippen LogP contribution is 2.19. The Morgan fingerprint density at radius 1 is 1.23 bits per heavy atom. The molecule has 1 saturated heterocycles. The van der Waals surface area contributed by atoms with E-state index in [1.807, 2.05) is 12.1 Å². The molecule has 8 heteroatoms. The molecule has 0 saturated carbocycles. The zero-order valence-corrected chi connectivity index (χ0v) is 16.4. The molecule has 26 heavy (non-hydrogen) atoms. The van der Waals surface area contributed by atoms with Gasteiger partial charge in [0.05, 0.1) is 0 Å². The second-order valence-corrected chi connectivity index (χ2v) is 9.37. The van der Waals surface area contributed by atoms with Gasteiger partial charge in [0.25, 0.3) is 0 Å². The third-order valence-corrected chi connectivity index (χ3v) is 7.31. The molecule has 1 N–H and O–H groups in total. The van der Waals surface area contributed by atoms with E-state index in [0.717, 1.165) is 5.56 Å². The number of carbonyl (C=O) groups is 1. The summed E-state index contributed by atoms with van der Waals surface area (Å²) in [6.07, 6.45) is 4.46. The van der Waals surface area contributed by atoms with Gasteiger partial charge in [-0.2, -0.15) is 0 Å². The smallest absolute Gasteiger partial charge is 0.250 e. The summed E-state index contributed by atoms with van der Waals surface area (Å²) in [6, 6.07) is 10.4. The molecule has 5 nitrogen and oxygen atoms in total. The van der Waals surface area contributed by atoms with Crippen molar-refractivity contribution in [1.29, 1.82) is 0 Å². The molecule has 1 amide bonds. The molecule has 1 aliphatic rings. The predicted octanol–water partition coefficient (Wildman–Crippen LogP) is 3.38. The molecule has 2 heterocycles. The minimum atomic E-state index is -3.47. The van der Waals surface area contributed by atoms with Gasteiger partial charge in [-0.3, -0.25) is 4.79 Å². The van der Waals surface area contributed by atoms with Crippen LogP contribution in [-0.4, -0.2) is 38.4 Å². The van der Waals surface area contributed by atoms with Crippen molar-refractivity contribution in [3.63, 3.8) is 0 Å². The first-order valence-electron chi connectivity index (χ1n) is 8.22. The SMILES string of the molecule is O=C(/C=C/c1cccc(Cl)c1)N1CCC(NS(=O)(=O)c2cccs2)CC1. The first-order valence-corrected chi connectivity index (χ1v) is 11.0. The quantitative estimate of drug-likeness (QED) is 0.768. The molecule has 3 rings (SSSR count). The maximum absolute atomic E-state index is 12.3. The average molecular weight is 411 g/mol. The Morgan fingerprint density at radius 2 is 2.00 bits per heavy atom. The Hall–Kier alpha value is -1.67. The van der Waals surface area contributed by atoms with E-state index in [4.69, 9.17) is 11.6 Å². The fraction of sp³-hybridized carbons (Fsp3) is 0.278. The van der Waals surface area contributed by atoms with Crippen LogP contribution in [0.25, 0.3) is 6.08 Å². The number of carbonyl (C=O) groups excluding carboxylic acids is 1. The zero-order chi connectivity index (χ0) is 18.6. The van der Waals surface area contributed by atoms with Crippen molar-refractivity contribution in [2.24, 2.45) is 0 Å². The number of thiophene rings is 1. The fourth-order valence-electron chi connectivity index (χ4n) is 2.79. The highest BCUT2D eigenvalue weighted by Gasteiger charge is 2.26. The van der Waals surface area contributed by atoms with E-state index >= 15 is 0 Å². The van der Waals surface area contributed by atoms with Crippen LogP contribution in [0.2, 0.25) is 5.02 Å². The van der Waals surface area contributed by atoms with Crippen LogP contribution < -0.4 is 4.72 Å². The summed E-state index contributed by atoms with van der Waals surface area (Å²) in [5.74, 6) is -0.0791. The van der Waals surface area contributed by atoms with Crippen molar-refractivity contribution in [3.8, 4) is 0 Å². The van der Waals surface area contributed by atoms with E-state index in [2.05, 4.69) is 4.72 Å². The van der Waals surface area contributed by atoms with Gasteiger partial charge in [0.15, 0.2) is 0 Å². The highest BCUT2D eigenvalue weighted by atomic mass is 35.5. The van der Waals surface area contributed by atoms with Crippen LogP contribution in [0.4, 0.5) is 0 Å². The van der Waals surface area contributed by atoms with Crippen molar-refractivity contribution in [1.82, 2.24) is 9.62 Å². The van der Waals surface area contributed by atoms with Gasteiger partial charge in [-0.25, -0.2) is 13.1 Å². The number of nitrogens with one attached hydrogen (secondary N) is 1. The number of amides is 1. The first kappa shape index (κ1) is 19.1. The molecule has 1 aromatic carbocycles. The number of likely N-dealkylation sites (tertiary alicyclic amines) is 1. The summed E-state index contributed by atoms with van der Waals surface area (Å²) in [7, 11) is -3.47. The van der Waals surface area contributed by atoms with Crippen molar-refractivity contribution in [2.75, 3.05) is 13.1 Å². The van der Waals surface area contributed by atoms with Gasteiger partial charge in [0.2, 0.25) is 15.9 Å². The molecule has 1 aliphatic heterocycles. The normalized spacial score (nSPS) is 16.3. The fourth-order valence-corrected chi connectivity index (χ4v) is 5.31. The number of rotatable bonds is 5. The van der Waals surface area contributed by atoms with Crippen molar-refractivity contribution < 1.29 is 13.2 Å². The molecule has 0 spiro atoms. The number of halogens is 1. The lowest BCUT2D eigenvalue weighted by Gasteiger charge is -2.31. The van der Waals surface area contributed by atoms with Crippen molar-refractivity contribution >= 4 is 44.9 Å². The molecule has 138 valence electrons. The standard InChI is InChI=1S/C18H19ClN2O3S2/c19-15-4-1-3-14(13-15)6-7-17(22)21-10-8-16(9-11-21)20-26(23,24)18-5-2-12-25-18/h1-7,12-13,16,20H,8-11H2/b7-6+. The zero-order valence-electron chi connectivity index (χ0n) is 14.0. The summed E-state index contributed by atoms with van der Waals surface area (Å²) in [6.45, 7) is 1.05. The minimum absolute atomic E-state index is 0.0791. The van der Waals surface area contributed by atoms with Crippen LogP contribution in [-0.2, 0) is 14.8 Å². The van der Waals surface area contributed by atoms with E-state index in [1.54, 1.807) is 40.6 Å². The molecule has 0 unspecified atom stereocenters. The molecular formula is C18H19ClN2O3S2. The Bertz CT molecular complexity index is 887. The third-order valence-electron chi connectivity index (χ3n) is 4.16. The van der Waals surface area contributed by atoms with Crippen molar-refractivity contribution in [3.05, 3.63) is 58.4 Å². The van der Waals surface area contributed by atoms with Gasteiger partial charge < -0.3 is 4.90 Å². The molecule has 0 aliphatic carbocycles. The van der Waals surface area contributed by atoms with Crippen LogP contribution in [0.1, 0.15) is 18.4 Å². The molecule has 0 bridgehead atoms. The van der Waals surface area contributed by atoms with E-state index in [-0.39, 0.29) is 11.9 Å². The predicted molar refractivity (Wildman–Crippen MR) is 105 cm³/mol. The molecule has 1 aromatic heterocycles. The van der Waals surface area contributed by atoms with Crippen LogP contribution in [0, 0.1) is 0 Å². The lowest BCUT2D eigenvalue weighted by molar-refractivity contribution is -0.126. The average Bonchev–Trinajstić information content (AvgIpc) is 3.16. The van der Waals surface area contributed by atoms with Crippen LogP contribution >= 0.6 is 22.9 Å². The van der Waals surface area contributed by atoms with Gasteiger partial charge in [0, 0.05) is 30.2 Å². The maximum atomic E-state index is 12.3. The number of nitrogens with zero attached hydrogens (tertiary/aromatic N) is 1. The monoisotopic (exact) mass is 410 g/mol. The van der Waals surface area contributed by atoms with E-state index in [9.17, 15) is 13.2 Å². The Morgan fingerprint density at radius 3 is 2.65 bits per heavy atom. The largest absolute Gasteiger partial charge is 0.339 e. The summed E-state index contributed by atoms with van der Waals surface area (Å²) in [5.41, 5.74) is 0.865. The molecule has 0 radical (unpaired) electrons. The van der Waals surface area contributed by atoms with Crippen molar-refractivity contribution in [2.45, 2.75) is 23.1 Å². The number of hydrogen-bond acceptors (Lipinski definition) is 4. The topological polar surface area (TPSA) is 66.5 Å². The first-order chi connectivity index (χ1) is 12.4. The second kappa shape index (κ2) is 8.35. The Kier molecular flexibility index (Phi) is 6.13. The van der Waals surface area contributed by atoms with E-state index in [1.165, 1.54) is 17.4 Å². The Balaban J connectivity index is 1.52. The van der Waals surface area contributed by atoms with Gasteiger partial charge in [-0.15, -0.1) is 11.3 Å². The number of benzene rings is 1. The lowest BCUT2D eigenvalue weighted by atomic mass is 10.1. The molecular weight excluding hydrogens is 392 g/mol.